The van der Waals surface area contributed by atoms with E-state index >= 15 is 0 Å². The quantitative estimate of drug-likeness (QED) is 0.781. The standard InChI is InChI=1S/C19H25N3O3S/c1-15(9-10-16-7-5-4-6-8-16)20-19(23)21-17-11-13-18(14-12-17)26(24,25)22(2)3/h4-8,11-15H,9-10H2,1-3H3,(H2,20,21,23)/t15-/m0/s1. The molecular formula is C19H25N3O3S. The summed E-state index contributed by atoms with van der Waals surface area (Å²) in [4.78, 5) is 12.3. The zero-order valence-electron chi connectivity index (χ0n) is 15.3. The minimum absolute atomic E-state index is 0.0172. The molecule has 2 aromatic rings. The van der Waals surface area contributed by atoms with Crippen LogP contribution < -0.4 is 10.6 Å². The summed E-state index contributed by atoms with van der Waals surface area (Å²) in [5, 5.41) is 5.61. The number of amides is 2. The van der Waals surface area contributed by atoms with Crippen LogP contribution in [-0.2, 0) is 16.4 Å². The van der Waals surface area contributed by atoms with E-state index in [1.165, 1.54) is 31.8 Å². The number of hydrogen-bond acceptors (Lipinski definition) is 3. The number of benzene rings is 2. The van der Waals surface area contributed by atoms with E-state index in [0.717, 1.165) is 17.1 Å². The third-order valence-electron chi connectivity index (χ3n) is 3.98. The highest BCUT2D eigenvalue weighted by Gasteiger charge is 2.16. The van der Waals surface area contributed by atoms with Gasteiger partial charge in [0.1, 0.15) is 0 Å². The number of anilines is 1. The summed E-state index contributed by atoms with van der Waals surface area (Å²) >= 11 is 0. The highest BCUT2D eigenvalue weighted by molar-refractivity contribution is 7.89. The SMILES string of the molecule is C[C@@H](CCc1ccccc1)NC(=O)Nc1ccc(S(=O)(=O)N(C)C)cc1. The number of nitrogens with zero attached hydrogens (tertiary/aromatic N) is 1. The molecule has 0 radical (unpaired) electrons. The monoisotopic (exact) mass is 375 g/mol. The number of sulfonamides is 1. The average Bonchev–Trinajstić information content (AvgIpc) is 2.61. The third-order valence-corrected chi connectivity index (χ3v) is 5.81. The Morgan fingerprint density at radius 3 is 2.23 bits per heavy atom. The van der Waals surface area contributed by atoms with Crippen LogP contribution in [-0.4, -0.2) is 38.9 Å². The molecule has 2 aromatic carbocycles. The Morgan fingerprint density at radius 2 is 1.65 bits per heavy atom. The van der Waals surface area contributed by atoms with Crippen LogP contribution in [0.4, 0.5) is 10.5 Å². The van der Waals surface area contributed by atoms with Crippen molar-refractivity contribution in [3.8, 4) is 0 Å². The largest absolute Gasteiger partial charge is 0.335 e. The minimum Gasteiger partial charge on any atom is -0.335 e. The fourth-order valence-corrected chi connectivity index (χ4v) is 3.31. The van der Waals surface area contributed by atoms with E-state index in [0.29, 0.717) is 5.69 Å². The van der Waals surface area contributed by atoms with Crippen molar-refractivity contribution in [3.05, 3.63) is 60.2 Å². The van der Waals surface area contributed by atoms with Crippen molar-refractivity contribution >= 4 is 21.7 Å². The van der Waals surface area contributed by atoms with E-state index in [-0.39, 0.29) is 17.0 Å². The molecule has 0 spiro atoms. The maximum absolute atomic E-state index is 12.1. The smallest absolute Gasteiger partial charge is 0.319 e. The first-order valence-electron chi connectivity index (χ1n) is 8.43. The Morgan fingerprint density at radius 1 is 1.04 bits per heavy atom. The molecule has 140 valence electrons. The lowest BCUT2D eigenvalue weighted by Gasteiger charge is -2.15. The summed E-state index contributed by atoms with van der Waals surface area (Å²) in [6, 6.07) is 15.9. The number of urea groups is 1. The predicted octanol–water partition coefficient (Wildman–Crippen LogP) is 3.08. The summed E-state index contributed by atoms with van der Waals surface area (Å²) in [5.74, 6) is 0. The lowest BCUT2D eigenvalue weighted by Crippen LogP contribution is -2.36. The second-order valence-electron chi connectivity index (χ2n) is 6.34. The van der Waals surface area contributed by atoms with Crippen molar-refractivity contribution in [3.63, 3.8) is 0 Å². The number of aryl methyl sites for hydroxylation is 1. The van der Waals surface area contributed by atoms with Crippen molar-refractivity contribution in [1.29, 1.82) is 0 Å². The number of hydrogen-bond donors (Lipinski definition) is 2. The van der Waals surface area contributed by atoms with E-state index in [1.54, 1.807) is 12.1 Å². The fourth-order valence-electron chi connectivity index (χ4n) is 2.41. The van der Waals surface area contributed by atoms with Crippen LogP contribution in [0, 0.1) is 0 Å². The Labute approximate surface area is 155 Å². The van der Waals surface area contributed by atoms with Crippen molar-refractivity contribution in [2.24, 2.45) is 0 Å². The molecule has 0 bridgehead atoms. The molecule has 7 heteroatoms. The van der Waals surface area contributed by atoms with Gasteiger partial charge in [0.2, 0.25) is 10.0 Å². The first kappa shape index (κ1) is 19.9. The second-order valence-corrected chi connectivity index (χ2v) is 8.49. The Balaban J connectivity index is 1.85. The van der Waals surface area contributed by atoms with Crippen molar-refractivity contribution in [2.75, 3.05) is 19.4 Å². The lowest BCUT2D eigenvalue weighted by molar-refractivity contribution is 0.248. The molecule has 2 N–H and O–H groups in total. The van der Waals surface area contributed by atoms with Gasteiger partial charge in [0.05, 0.1) is 4.90 Å². The zero-order valence-corrected chi connectivity index (χ0v) is 16.1. The van der Waals surface area contributed by atoms with Crippen LogP contribution >= 0.6 is 0 Å². The van der Waals surface area contributed by atoms with E-state index in [9.17, 15) is 13.2 Å². The fraction of sp³-hybridized carbons (Fsp3) is 0.316. The van der Waals surface area contributed by atoms with Crippen LogP contribution in [0.2, 0.25) is 0 Å². The van der Waals surface area contributed by atoms with E-state index < -0.39 is 10.0 Å². The molecule has 2 rings (SSSR count). The molecule has 0 aliphatic heterocycles. The van der Waals surface area contributed by atoms with Gasteiger partial charge in [-0.2, -0.15) is 0 Å². The summed E-state index contributed by atoms with van der Waals surface area (Å²) in [7, 11) is -0.514. The number of nitrogens with one attached hydrogen (secondary N) is 2. The minimum atomic E-state index is -3.47. The summed E-state index contributed by atoms with van der Waals surface area (Å²) in [6.45, 7) is 1.95. The molecule has 0 aromatic heterocycles. The van der Waals surface area contributed by atoms with E-state index in [4.69, 9.17) is 0 Å². The topological polar surface area (TPSA) is 78.5 Å². The summed E-state index contributed by atoms with van der Waals surface area (Å²) in [5.41, 5.74) is 1.77. The van der Waals surface area contributed by atoms with Crippen molar-refractivity contribution in [1.82, 2.24) is 9.62 Å². The summed E-state index contributed by atoms with van der Waals surface area (Å²) in [6.07, 6.45) is 1.72. The van der Waals surface area contributed by atoms with Crippen molar-refractivity contribution in [2.45, 2.75) is 30.7 Å². The Bertz CT molecular complexity index is 819. The highest BCUT2D eigenvalue weighted by atomic mass is 32.2. The molecular weight excluding hydrogens is 350 g/mol. The lowest BCUT2D eigenvalue weighted by atomic mass is 10.1. The number of carbonyl (C=O) groups is 1. The van der Waals surface area contributed by atoms with Crippen LogP contribution in [0.15, 0.2) is 59.5 Å². The molecule has 1 atom stereocenters. The molecule has 0 fully saturated rings. The van der Waals surface area contributed by atoms with Crippen LogP contribution in [0.3, 0.4) is 0 Å². The molecule has 26 heavy (non-hydrogen) atoms. The van der Waals surface area contributed by atoms with Gasteiger partial charge >= 0.3 is 6.03 Å². The normalized spacial score (nSPS) is 12.6. The molecule has 2 amide bonds. The molecule has 0 aliphatic carbocycles. The van der Waals surface area contributed by atoms with Gasteiger partial charge in [-0.1, -0.05) is 30.3 Å². The van der Waals surface area contributed by atoms with Crippen molar-refractivity contribution < 1.29 is 13.2 Å². The number of carbonyl (C=O) groups excluding carboxylic acids is 1. The van der Waals surface area contributed by atoms with Gasteiger partial charge in [-0.15, -0.1) is 0 Å². The highest BCUT2D eigenvalue weighted by Crippen LogP contribution is 2.16. The van der Waals surface area contributed by atoms with Gasteiger partial charge in [0.15, 0.2) is 0 Å². The average molecular weight is 375 g/mol. The molecule has 0 unspecified atom stereocenters. The Hall–Kier alpha value is -2.38. The molecule has 6 nitrogen and oxygen atoms in total. The first-order chi connectivity index (χ1) is 12.3. The molecule has 0 heterocycles. The van der Waals surface area contributed by atoms with Gasteiger partial charge < -0.3 is 10.6 Å². The first-order valence-corrected chi connectivity index (χ1v) is 9.87. The Kier molecular flexibility index (Phi) is 6.76. The predicted molar refractivity (Wildman–Crippen MR) is 104 cm³/mol. The second kappa shape index (κ2) is 8.82. The molecule has 0 saturated heterocycles. The van der Waals surface area contributed by atoms with Crippen LogP contribution in [0.5, 0.6) is 0 Å². The third kappa shape index (κ3) is 5.57. The molecule has 0 saturated carbocycles. The summed E-state index contributed by atoms with van der Waals surface area (Å²) < 4.78 is 25.2. The van der Waals surface area contributed by atoms with Gasteiger partial charge in [0, 0.05) is 25.8 Å². The molecule has 0 aliphatic rings. The van der Waals surface area contributed by atoms with Gasteiger partial charge in [0.25, 0.3) is 0 Å². The van der Waals surface area contributed by atoms with Crippen LogP contribution in [0.1, 0.15) is 18.9 Å². The maximum Gasteiger partial charge on any atom is 0.319 e. The number of rotatable bonds is 7. The van der Waals surface area contributed by atoms with Gasteiger partial charge in [-0.3, -0.25) is 0 Å². The van der Waals surface area contributed by atoms with Gasteiger partial charge in [-0.25, -0.2) is 17.5 Å². The van der Waals surface area contributed by atoms with Gasteiger partial charge in [-0.05, 0) is 49.6 Å². The maximum atomic E-state index is 12.1. The van der Waals surface area contributed by atoms with E-state index in [2.05, 4.69) is 22.8 Å². The van der Waals surface area contributed by atoms with E-state index in [1.807, 2.05) is 25.1 Å². The van der Waals surface area contributed by atoms with Crippen LogP contribution in [0.25, 0.3) is 0 Å². The zero-order chi connectivity index (χ0) is 19.2.